The van der Waals surface area contributed by atoms with E-state index in [0.717, 1.165) is 22.3 Å². The number of carbonyl (C=O) groups excluding carboxylic acids is 1. The molecule has 2 N–H and O–H groups in total. The van der Waals surface area contributed by atoms with Gasteiger partial charge in [0.25, 0.3) is 0 Å². The van der Waals surface area contributed by atoms with Crippen molar-refractivity contribution in [2.24, 2.45) is 5.92 Å². The predicted octanol–water partition coefficient (Wildman–Crippen LogP) is 2.02. The number of tetrazole rings is 1. The Morgan fingerprint density at radius 3 is 2.55 bits per heavy atom. The molecule has 1 atom stereocenters. The molecule has 0 fully saturated rings. The number of carbonyl (C=O) groups is 2. The van der Waals surface area contributed by atoms with E-state index in [1.807, 2.05) is 62.4 Å². The molecule has 1 unspecified atom stereocenters. The van der Waals surface area contributed by atoms with Crippen molar-refractivity contribution in [3.05, 3.63) is 65.2 Å². The summed E-state index contributed by atoms with van der Waals surface area (Å²) < 4.78 is 0. The van der Waals surface area contributed by atoms with Crippen LogP contribution in [-0.4, -0.2) is 43.7 Å². The van der Waals surface area contributed by atoms with E-state index in [-0.39, 0.29) is 19.0 Å². The number of nitrogens with zero attached hydrogens (tertiary/aromatic N) is 4. The van der Waals surface area contributed by atoms with Crippen molar-refractivity contribution in [3.63, 3.8) is 0 Å². The van der Waals surface area contributed by atoms with Crippen molar-refractivity contribution in [2.45, 2.75) is 26.8 Å². The average molecular weight is 393 g/mol. The topological polar surface area (TPSA) is 110 Å². The summed E-state index contributed by atoms with van der Waals surface area (Å²) in [7, 11) is 0. The van der Waals surface area contributed by atoms with Crippen LogP contribution in [0.25, 0.3) is 11.4 Å². The molecule has 0 bridgehead atoms. The number of carboxylic acids is 1. The first-order chi connectivity index (χ1) is 13.9. The Morgan fingerprint density at radius 1 is 1.10 bits per heavy atom. The number of aryl methyl sites for hydroxylation is 2. The highest BCUT2D eigenvalue weighted by Gasteiger charge is 2.19. The minimum Gasteiger partial charge on any atom is -0.481 e. The summed E-state index contributed by atoms with van der Waals surface area (Å²) in [5.74, 6) is -1.60. The molecule has 3 aromatic rings. The molecule has 150 valence electrons. The molecule has 1 amide bonds. The third-order valence-electron chi connectivity index (χ3n) is 4.51. The first-order valence-electron chi connectivity index (χ1n) is 9.30. The maximum atomic E-state index is 12.2. The standard InChI is InChI=1S/C21H23N5O3/c1-14-6-8-17(9-7-14)20-23-25-26(24-20)13-19(27)22-12-18(21(28)29)11-16-5-3-4-15(2)10-16/h3-10,18H,11-13H2,1-2H3,(H,22,27)(H,28,29). The zero-order valence-corrected chi connectivity index (χ0v) is 16.4. The molecule has 8 heteroatoms. The second-order valence-electron chi connectivity index (χ2n) is 7.04. The minimum atomic E-state index is -0.952. The van der Waals surface area contributed by atoms with Gasteiger partial charge < -0.3 is 10.4 Å². The highest BCUT2D eigenvalue weighted by Crippen LogP contribution is 2.14. The number of carboxylic acid groups (broad SMARTS) is 1. The van der Waals surface area contributed by atoms with Crippen LogP contribution in [0.3, 0.4) is 0 Å². The summed E-state index contributed by atoms with van der Waals surface area (Å²) in [6, 6.07) is 15.4. The normalized spacial score (nSPS) is 11.8. The largest absolute Gasteiger partial charge is 0.481 e. The smallest absolute Gasteiger partial charge is 0.308 e. The Balaban J connectivity index is 1.55. The molecular weight excluding hydrogens is 370 g/mol. The molecule has 0 saturated heterocycles. The third kappa shape index (κ3) is 5.71. The molecule has 1 heterocycles. The summed E-state index contributed by atoms with van der Waals surface area (Å²) in [6.45, 7) is 3.84. The predicted molar refractivity (Wildman–Crippen MR) is 107 cm³/mol. The van der Waals surface area contributed by atoms with E-state index in [1.54, 1.807) is 0 Å². The van der Waals surface area contributed by atoms with Crippen LogP contribution in [0.2, 0.25) is 0 Å². The molecule has 3 rings (SSSR count). The molecule has 0 spiro atoms. The van der Waals surface area contributed by atoms with Gasteiger partial charge in [0.1, 0.15) is 6.54 Å². The first kappa shape index (κ1) is 20.2. The number of aromatic nitrogens is 4. The van der Waals surface area contributed by atoms with Crippen molar-refractivity contribution in [2.75, 3.05) is 6.54 Å². The second-order valence-corrected chi connectivity index (χ2v) is 7.04. The Morgan fingerprint density at radius 2 is 1.86 bits per heavy atom. The maximum Gasteiger partial charge on any atom is 0.308 e. The van der Waals surface area contributed by atoms with E-state index < -0.39 is 11.9 Å². The lowest BCUT2D eigenvalue weighted by Crippen LogP contribution is -2.36. The molecule has 0 aliphatic carbocycles. The molecule has 29 heavy (non-hydrogen) atoms. The Labute approximate surface area is 168 Å². The van der Waals surface area contributed by atoms with E-state index in [9.17, 15) is 14.7 Å². The van der Waals surface area contributed by atoms with Crippen molar-refractivity contribution >= 4 is 11.9 Å². The zero-order valence-electron chi connectivity index (χ0n) is 16.4. The van der Waals surface area contributed by atoms with Crippen LogP contribution in [0.4, 0.5) is 0 Å². The van der Waals surface area contributed by atoms with Gasteiger partial charge in [0.15, 0.2) is 0 Å². The van der Waals surface area contributed by atoms with Crippen LogP contribution < -0.4 is 5.32 Å². The minimum absolute atomic E-state index is 0.0294. The molecule has 0 radical (unpaired) electrons. The van der Waals surface area contributed by atoms with E-state index in [1.165, 1.54) is 4.80 Å². The molecule has 1 aromatic heterocycles. The van der Waals surface area contributed by atoms with Gasteiger partial charge in [-0.3, -0.25) is 9.59 Å². The SMILES string of the molecule is Cc1ccc(-c2nnn(CC(=O)NCC(Cc3cccc(C)c3)C(=O)O)n2)cc1. The van der Waals surface area contributed by atoms with Crippen molar-refractivity contribution in [1.29, 1.82) is 0 Å². The van der Waals surface area contributed by atoms with E-state index in [4.69, 9.17) is 0 Å². The number of nitrogens with one attached hydrogen (secondary N) is 1. The van der Waals surface area contributed by atoms with Gasteiger partial charge in [-0.15, -0.1) is 10.2 Å². The van der Waals surface area contributed by atoms with Crippen molar-refractivity contribution < 1.29 is 14.7 Å². The highest BCUT2D eigenvalue weighted by atomic mass is 16.4. The zero-order chi connectivity index (χ0) is 20.8. The quantitative estimate of drug-likeness (QED) is 0.606. The van der Waals surface area contributed by atoms with Crippen LogP contribution in [0.15, 0.2) is 48.5 Å². The Kier molecular flexibility index (Phi) is 6.33. The van der Waals surface area contributed by atoms with E-state index in [0.29, 0.717) is 12.2 Å². The fraction of sp³-hybridized carbons (Fsp3) is 0.286. The molecular formula is C21H23N5O3. The van der Waals surface area contributed by atoms with Crippen molar-refractivity contribution in [3.8, 4) is 11.4 Å². The van der Waals surface area contributed by atoms with Gasteiger partial charge in [-0.2, -0.15) is 4.80 Å². The van der Waals surface area contributed by atoms with Gasteiger partial charge in [0.2, 0.25) is 11.7 Å². The first-order valence-corrected chi connectivity index (χ1v) is 9.30. The van der Waals surface area contributed by atoms with Crippen LogP contribution in [0.1, 0.15) is 16.7 Å². The number of aliphatic carboxylic acids is 1. The highest BCUT2D eigenvalue weighted by molar-refractivity contribution is 5.77. The summed E-state index contributed by atoms with van der Waals surface area (Å²) in [5.41, 5.74) is 3.93. The van der Waals surface area contributed by atoms with E-state index >= 15 is 0 Å². The van der Waals surface area contributed by atoms with Gasteiger partial charge in [0, 0.05) is 12.1 Å². The summed E-state index contributed by atoms with van der Waals surface area (Å²) in [5, 5.41) is 24.2. The third-order valence-corrected chi connectivity index (χ3v) is 4.51. The van der Waals surface area contributed by atoms with Crippen LogP contribution in [-0.2, 0) is 22.6 Å². The lowest BCUT2D eigenvalue weighted by atomic mass is 9.98. The van der Waals surface area contributed by atoms with Crippen LogP contribution in [0, 0.1) is 19.8 Å². The summed E-state index contributed by atoms with van der Waals surface area (Å²) >= 11 is 0. The molecule has 2 aromatic carbocycles. The lowest BCUT2D eigenvalue weighted by molar-refractivity contribution is -0.141. The lowest BCUT2D eigenvalue weighted by Gasteiger charge is -2.13. The number of hydrogen-bond donors (Lipinski definition) is 2. The molecule has 0 aliphatic heterocycles. The Hall–Kier alpha value is -3.55. The fourth-order valence-electron chi connectivity index (χ4n) is 2.92. The number of rotatable bonds is 8. The maximum absolute atomic E-state index is 12.2. The monoisotopic (exact) mass is 393 g/mol. The number of hydrogen-bond acceptors (Lipinski definition) is 5. The van der Waals surface area contributed by atoms with Gasteiger partial charge in [0.05, 0.1) is 5.92 Å². The van der Waals surface area contributed by atoms with Crippen LogP contribution in [0.5, 0.6) is 0 Å². The fourth-order valence-corrected chi connectivity index (χ4v) is 2.92. The van der Waals surface area contributed by atoms with Gasteiger partial charge in [-0.1, -0.05) is 59.7 Å². The number of amides is 1. The number of benzene rings is 2. The Bertz CT molecular complexity index is 998. The summed E-state index contributed by atoms with van der Waals surface area (Å²) in [6.07, 6.45) is 0.344. The van der Waals surface area contributed by atoms with E-state index in [2.05, 4.69) is 20.7 Å². The molecule has 0 aliphatic rings. The average Bonchev–Trinajstić information content (AvgIpc) is 3.14. The van der Waals surface area contributed by atoms with Crippen LogP contribution >= 0.6 is 0 Å². The van der Waals surface area contributed by atoms with Gasteiger partial charge in [-0.05, 0) is 31.0 Å². The molecule has 8 nitrogen and oxygen atoms in total. The summed E-state index contributed by atoms with van der Waals surface area (Å²) in [4.78, 5) is 25.0. The second kappa shape index (κ2) is 9.09. The van der Waals surface area contributed by atoms with Crippen molar-refractivity contribution in [1.82, 2.24) is 25.5 Å². The molecule has 0 saturated carbocycles. The van der Waals surface area contributed by atoms with Gasteiger partial charge >= 0.3 is 5.97 Å². The van der Waals surface area contributed by atoms with Gasteiger partial charge in [-0.25, -0.2) is 0 Å².